The standard InChI is InChI=1S/C48H33N3O/c1-30-11-9-17-38-37(39-18-10-20-43-45(39)40-16-7-8-19-42(40)52-43)27-28-41(44(30)38)48-50-46(33-13-3-2-4-14-33)49-47(51-48)34-24-21-32(22-25-34)36-26-23-31-12-5-6-15-35(31)29-36/h2-10,12-30H,11H2,1H3. The molecule has 52 heavy (non-hydrogen) atoms. The normalized spacial score (nSPS) is 13.9. The molecule has 9 aromatic rings. The van der Waals surface area contributed by atoms with Gasteiger partial charge in [-0.1, -0.05) is 153 Å². The molecule has 0 radical (unpaired) electrons. The number of hydrogen-bond donors (Lipinski definition) is 0. The fourth-order valence-corrected chi connectivity index (χ4v) is 7.81. The minimum Gasteiger partial charge on any atom is -0.456 e. The van der Waals surface area contributed by atoms with E-state index in [1.54, 1.807) is 0 Å². The fraction of sp³-hybridized carbons (Fsp3) is 0.0625. The second-order valence-corrected chi connectivity index (χ2v) is 13.6. The highest BCUT2D eigenvalue weighted by molar-refractivity contribution is 6.13. The van der Waals surface area contributed by atoms with Crippen LogP contribution in [-0.4, -0.2) is 15.0 Å². The van der Waals surface area contributed by atoms with Crippen LogP contribution in [0, 0.1) is 0 Å². The highest BCUT2D eigenvalue weighted by atomic mass is 16.3. The van der Waals surface area contributed by atoms with Crippen molar-refractivity contribution in [3.05, 3.63) is 169 Å². The molecular formula is C48H33N3O. The van der Waals surface area contributed by atoms with Crippen molar-refractivity contribution in [3.63, 3.8) is 0 Å². The summed E-state index contributed by atoms with van der Waals surface area (Å²) in [6, 6.07) is 52.9. The monoisotopic (exact) mass is 667 g/mol. The largest absolute Gasteiger partial charge is 0.456 e. The molecule has 1 aliphatic rings. The van der Waals surface area contributed by atoms with Gasteiger partial charge in [0.1, 0.15) is 11.2 Å². The van der Waals surface area contributed by atoms with E-state index < -0.39 is 0 Å². The summed E-state index contributed by atoms with van der Waals surface area (Å²) in [4.78, 5) is 15.4. The number of rotatable bonds is 5. The van der Waals surface area contributed by atoms with Crippen LogP contribution in [0.5, 0.6) is 0 Å². The van der Waals surface area contributed by atoms with E-state index in [0.29, 0.717) is 17.5 Å². The van der Waals surface area contributed by atoms with Gasteiger partial charge in [-0.25, -0.2) is 15.0 Å². The van der Waals surface area contributed by atoms with Gasteiger partial charge in [0, 0.05) is 27.5 Å². The van der Waals surface area contributed by atoms with Crippen LogP contribution in [0.25, 0.3) is 95.2 Å². The number of para-hydroxylation sites is 1. The average molecular weight is 668 g/mol. The van der Waals surface area contributed by atoms with Crippen molar-refractivity contribution in [2.75, 3.05) is 0 Å². The van der Waals surface area contributed by atoms with Crippen LogP contribution in [0.3, 0.4) is 0 Å². The fourth-order valence-electron chi connectivity index (χ4n) is 7.81. The molecule has 4 nitrogen and oxygen atoms in total. The Balaban J connectivity index is 1.13. The van der Waals surface area contributed by atoms with Gasteiger partial charge in [0.2, 0.25) is 0 Å². The first-order chi connectivity index (χ1) is 25.7. The lowest BCUT2D eigenvalue weighted by atomic mass is 9.80. The first kappa shape index (κ1) is 30.2. The molecule has 246 valence electrons. The molecule has 0 aliphatic heterocycles. The minimum absolute atomic E-state index is 0.275. The number of aromatic nitrogens is 3. The lowest BCUT2D eigenvalue weighted by Crippen LogP contribution is -2.07. The van der Waals surface area contributed by atoms with Crippen LogP contribution in [0.15, 0.2) is 162 Å². The summed E-state index contributed by atoms with van der Waals surface area (Å²) in [5, 5.41) is 4.73. The second-order valence-electron chi connectivity index (χ2n) is 13.6. The molecule has 2 aromatic heterocycles. The van der Waals surface area contributed by atoms with Crippen LogP contribution in [0.4, 0.5) is 0 Å². The Hall–Kier alpha value is -6.65. The SMILES string of the molecule is CC1CC=Cc2c(-c3cccc4oc5ccccc5c34)ccc(-c3nc(-c4ccccc4)nc(-c4ccc(-c5ccc6ccccc6c5)cc4)n3)c21. The Morgan fingerprint density at radius 3 is 2.00 bits per heavy atom. The van der Waals surface area contributed by atoms with Crippen LogP contribution >= 0.6 is 0 Å². The lowest BCUT2D eigenvalue weighted by molar-refractivity contribution is 0.669. The highest BCUT2D eigenvalue weighted by Crippen LogP contribution is 2.45. The maximum absolute atomic E-state index is 6.29. The number of allylic oxidation sites excluding steroid dienone is 1. The van der Waals surface area contributed by atoms with E-state index in [9.17, 15) is 0 Å². The highest BCUT2D eigenvalue weighted by Gasteiger charge is 2.25. The summed E-state index contributed by atoms with van der Waals surface area (Å²) < 4.78 is 6.29. The molecule has 7 aromatic carbocycles. The van der Waals surface area contributed by atoms with Crippen molar-refractivity contribution in [1.82, 2.24) is 15.0 Å². The van der Waals surface area contributed by atoms with Gasteiger partial charge in [-0.05, 0) is 74.7 Å². The summed E-state index contributed by atoms with van der Waals surface area (Å²) in [6.07, 6.45) is 5.52. The summed E-state index contributed by atoms with van der Waals surface area (Å²) >= 11 is 0. The van der Waals surface area contributed by atoms with E-state index >= 15 is 0 Å². The summed E-state index contributed by atoms with van der Waals surface area (Å²) in [6.45, 7) is 2.30. The third kappa shape index (κ3) is 5.11. The van der Waals surface area contributed by atoms with E-state index in [1.165, 1.54) is 33.0 Å². The molecule has 0 N–H and O–H groups in total. The number of nitrogens with zero attached hydrogens (tertiary/aromatic N) is 3. The molecule has 0 bridgehead atoms. The van der Waals surface area contributed by atoms with Gasteiger partial charge in [0.25, 0.3) is 0 Å². The first-order valence-corrected chi connectivity index (χ1v) is 17.8. The van der Waals surface area contributed by atoms with E-state index in [-0.39, 0.29) is 5.92 Å². The maximum atomic E-state index is 6.29. The Bertz CT molecular complexity index is 2830. The van der Waals surface area contributed by atoms with E-state index in [4.69, 9.17) is 19.4 Å². The van der Waals surface area contributed by atoms with Crippen molar-refractivity contribution >= 4 is 38.8 Å². The zero-order chi connectivity index (χ0) is 34.6. The quantitative estimate of drug-likeness (QED) is 0.183. The molecule has 0 fully saturated rings. The molecular weight excluding hydrogens is 635 g/mol. The molecule has 1 atom stereocenters. The Morgan fingerprint density at radius 2 is 1.15 bits per heavy atom. The van der Waals surface area contributed by atoms with Crippen molar-refractivity contribution in [1.29, 1.82) is 0 Å². The maximum Gasteiger partial charge on any atom is 0.164 e. The number of furan rings is 1. The van der Waals surface area contributed by atoms with Gasteiger partial charge < -0.3 is 4.42 Å². The van der Waals surface area contributed by atoms with Crippen LogP contribution in [0.2, 0.25) is 0 Å². The van der Waals surface area contributed by atoms with Crippen molar-refractivity contribution < 1.29 is 4.42 Å². The third-order valence-electron chi connectivity index (χ3n) is 10.4. The second kappa shape index (κ2) is 12.3. The van der Waals surface area contributed by atoms with Gasteiger partial charge in [0.15, 0.2) is 17.5 Å². The average Bonchev–Trinajstić information content (AvgIpc) is 3.60. The predicted molar refractivity (Wildman–Crippen MR) is 214 cm³/mol. The van der Waals surface area contributed by atoms with Gasteiger partial charge in [0.05, 0.1) is 0 Å². The topological polar surface area (TPSA) is 51.8 Å². The molecule has 10 rings (SSSR count). The van der Waals surface area contributed by atoms with Crippen molar-refractivity contribution in [3.8, 4) is 56.4 Å². The molecule has 2 heterocycles. The lowest BCUT2D eigenvalue weighted by Gasteiger charge is -2.24. The van der Waals surface area contributed by atoms with Gasteiger partial charge in [-0.15, -0.1) is 0 Å². The van der Waals surface area contributed by atoms with Gasteiger partial charge in [-0.3, -0.25) is 0 Å². The zero-order valence-electron chi connectivity index (χ0n) is 28.6. The Morgan fingerprint density at radius 1 is 0.500 bits per heavy atom. The van der Waals surface area contributed by atoms with Crippen LogP contribution < -0.4 is 0 Å². The molecule has 0 spiro atoms. The molecule has 0 saturated carbocycles. The van der Waals surface area contributed by atoms with E-state index in [0.717, 1.165) is 56.2 Å². The van der Waals surface area contributed by atoms with Crippen molar-refractivity contribution in [2.24, 2.45) is 0 Å². The Labute approximate surface area is 301 Å². The van der Waals surface area contributed by atoms with Gasteiger partial charge in [-0.2, -0.15) is 0 Å². The first-order valence-electron chi connectivity index (χ1n) is 17.8. The van der Waals surface area contributed by atoms with Crippen molar-refractivity contribution in [2.45, 2.75) is 19.3 Å². The number of hydrogen-bond acceptors (Lipinski definition) is 4. The molecule has 0 amide bonds. The van der Waals surface area contributed by atoms with Gasteiger partial charge >= 0.3 is 0 Å². The summed E-state index contributed by atoms with van der Waals surface area (Å²) in [5.74, 6) is 2.27. The van der Waals surface area contributed by atoms with E-state index in [2.05, 4.69) is 140 Å². The molecule has 0 saturated heterocycles. The summed E-state index contributed by atoms with van der Waals surface area (Å²) in [7, 11) is 0. The van der Waals surface area contributed by atoms with E-state index in [1.807, 2.05) is 30.3 Å². The Kier molecular flexibility index (Phi) is 7.14. The third-order valence-corrected chi connectivity index (χ3v) is 10.4. The predicted octanol–water partition coefficient (Wildman–Crippen LogP) is 12.8. The zero-order valence-corrected chi connectivity index (χ0v) is 28.6. The minimum atomic E-state index is 0.275. The molecule has 1 unspecified atom stereocenters. The number of benzene rings is 7. The smallest absolute Gasteiger partial charge is 0.164 e. The molecule has 1 aliphatic carbocycles. The number of fused-ring (bicyclic) bond motifs is 5. The van der Waals surface area contributed by atoms with Crippen LogP contribution in [-0.2, 0) is 0 Å². The van der Waals surface area contributed by atoms with Crippen LogP contribution in [0.1, 0.15) is 30.4 Å². The summed E-state index contributed by atoms with van der Waals surface area (Å²) in [5.41, 5.74) is 11.9. The molecule has 4 heteroatoms.